The van der Waals surface area contributed by atoms with E-state index in [4.69, 9.17) is 23.2 Å². The number of amides is 2. The fourth-order valence-corrected chi connectivity index (χ4v) is 5.83. The van der Waals surface area contributed by atoms with Crippen molar-refractivity contribution >= 4 is 50.7 Å². The van der Waals surface area contributed by atoms with Gasteiger partial charge in [0, 0.05) is 19.0 Å². The van der Waals surface area contributed by atoms with E-state index < -0.39 is 28.5 Å². The van der Waals surface area contributed by atoms with E-state index in [-0.39, 0.29) is 24.9 Å². The number of hydrogen-bond donors (Lipinski definition) is 1. The van der Waals surface area contributed by atoms with Crippen molar-refractivity contribution in [3.05, 3.63) is 99.0 Å². The van der Waals surface area contributed by atoms with Crippen LogP contribution in [0.2, 0.25) is 10.0 Å². The van der Waals surface area contributed by atoms with Gasteiger partial charge in [-0.25, -0.2) is 8.42 Å². The lowest BCUT2D eigenvalue weighted by molar-refractivity contribution is -0.140. The summed E-state index contributed by atoms with van der Waals surface area (Å²) in [4.78, 5) is 29.2. The Labute approximate surface area is 247 Å². The summed E-state index contributed by atoms with van der Waals surface area (Å²) in [6.45, 7) is 6.82. The first-order valence-corrected chi connectivity index (χ1v) is 15.5. The summed E-state index contributed by atoms with van der Waals surface area (Å²) in [6.07, 6.45) is 1.30. The van der Waals surface area contributed by atoms with Crippen LogP contribution >= 0.6 is 23.2 Å². The topological polar surface area (TPSA) is 86.8 Å². The summed E-state index contributed by atoms with van der Waals surface area (Å²) >= 11 is 12.4. The standard InChI is InChI=1S/C30H35Cl2N3O4S/c1-20(2)33-30(37)27(17-23-12-7-6-8-13-23)34(18-24-14-15-25(31)26(32)16-24)28(36)19-35(40(5,38)39)29-21(3)10-9-11-22(29)4/h6-16,20,27H,17-19H2,1-5H3,(H,33,37)/t27-/m0/s1. The van der Waals surface area contributed by atoms with E-state index in [1.54, 1.807) is 44.2 Å². The molecule has 214 valence electrons. The summed E-state index contributed by atoms with van der Waals surface area (Å²) in [7, 11) is -3.85. The monoisotopic (exact) mass is 603 g/mol. The normalized spacial score (nSPS) is 12.2. The third-order valence-corrected chi connectivity index (χ3v) is 8.26. The van der Waals surface area contributed by atoms with E-state index in [2.05, 4.69) is 5.32 Å². The first-order chi connectivity index (χ1) is 18.8. The number of anilines is 1. The van der Waals surface area contributed by atoms with E-state index in [9.17, 15) is 18.0 Å². The third-order valence-electron chi connectivity index (χ3n) is 6.41. The number of para-hydroxylation sites is 1. The van der Waals surface area contributed by atoms with Gasteiger partial charge < -0.3 is 10.2 Å². The zero-order valence-electron chi connectivity index (χ0n) is 23.3. The second-order valence-corrected chi connectivity index (χ2v) is 12.9. The molecule has 3 aromatic rings. The van der Waals surface area contributed by atoms with Gasteiger partial charge in [0.1, 0.15) is 12.6 Å². The highest BCUT2D eigenvalue weighted by Crippen LogP contribution is 2.28. The van der Waals surface area contributed by atoms with Gasteiger partial charge in [-0.1, -0.05) is 77.8 Å². The van der Waals surface area contributed by atoms with Crippen LogP contribution in [0.3, 0.4) is 0 Å². The molecule has 7 nitrogen and oxygen atoms in total. The maximum absolute atomic E-state index is 14.2. The summed E-state index contributed by atoms with van der Waals surface area (Å²) in [5, 5.41) is 3.60. The van der Waals surface area contributed by atoms with Crippen molar-refractivity contribution in [2.45, 2.75) is 52.7 Å². The molecule has 0 spiro atoms. The van der Waals surface area contributed by atoms with Crippen molar-refractivity contribution in [1.82, 2.24) is 10.2 Å². The van der Waals surface area contributed by atoms with E-state index >= 15 is 0 Å². The van der Waals surface area contributed by atoms with E-state index in [1.165, 1.54) is 4.90 Å². The Hall–Kier alpha value is -3.07. The Kier molecular flexibility index (Phi) is 10.6. The van der Waals surface area contributed by atoms with Gasteiger partial charge >= 0.3 is 0 Å². The van der Waals surface area contributed by atoms with E-state index in [1.807, 2.05) is 50.2 Å². The molecule has 0 bridgehead atoms. The van der Waals surface area contributed by atoms with Gasteiger partial charge in [-0.3, -0.25) is 13.9 Å². The molecular formula is C30H35Cl2N3O4S. The summed E-state index contributed by atoms with van der Waals surface area (Å²) < 4.78 is 27.2. The zero-order chi connectivity index (χ0) is 29.6. The van der Waals surface area contributed by atoms with Crippen LogP contribution in [0, 0.1) is 13.8 Å². The van der Waals surface area contributed by atoms with Crippen LogP contribution in [-0.4, -0.2) is 50.0 Å². The quantitative estimate of drug-likeness (QED) is 0.312. The SMILES string of the molecule is Cc1cccc(C)c1N(CC(=O)N(Cc1ccc(Cl)c(Cl)c1)[C@@H](Cc1ccccc1)C(=O)NC(C)C)S(C)(=O)=O. The zero-order valence-corrected chi connectivity index (χ0v) is 25.6. The van der Waals surface area contributed by atoms with Crippen molar-refractivity contribution in [1.29, 1.82) is 0 Å². The molecule has 2 amide bonds. The molecule has 0 aromatic heterocycles. The van der Waals surface area contributed by atoms with Crippen LogP contribution in [0.4, 0.5) is 5.69 Å². The number of carbonyl (C=O) groups is 2. The molecule has 3 aromatic carbocycles. The van der Waals surface area contributed by atoms with E-state index in [0.717, 1.165) is 16.1 Å². The van der Waals surface area contributed by atoms with Crippen molar-refractivity contribution < 1.29 is 18.0 Å². The highest BCUT2D eigenvalue weighted by molar-refractivity contribution is 7.92. The summed E-state index contributed by atoms with van der Waals surface area (Å²) in [5.41, 5.74) is 3.38. The first kappa shape index (κ1) is 31.5. The van der Waals surface area contributed by atoms with Gasteiger partial charge in [-0.05, 0) is 62.1 Å². The molecule has 0 aliphatic heterocycles. The summed E-state index contributed by atoms with van der Waals surface area (Å²) in [5.74, 6) is -0.871. The molecule has 0 saturated carbocycles. The Morgan fingerprint density at radius 1 is 0.875 bits per heavy atom. The molecule has 0 heterocycles. The smallest absolute Gasteiger partial charge is 0.244 e. The van der Waals surface area contributed by atoms with Crippen LogP contribution in [0.5, 0.6) is 0 Å². The predicted octanol–water partition coefficient (Wildman–Crippen LogP) is 5.54. The van der Waals surface area contributed by atoms with Crippen molar-refractivity contribution in [2.75, 3.05) is 17.1 Å². The maximum atomic E-state index is 14.2. The van der Waals surface area contributed by atoms with Gasteiger partial charge in [-0.15, -0.1) is 0 Å². The van der Waals surface area contributed by atoms with Crippen molar-refractivity contribution in [3.63, 3.8) is 0 Å². The lowest BCUT2D eigenvalue weighted by atomic mass is 10.0. The highest BCUT2D eigenvalue weighted by Gasteiger charge is 2.34. The second-order valence-electron chi connectivity index (χ2n) is 10.1. The lowest BCUT2D eigenvalue weighted by Crippen LogP contribution is -2.54. The Balaban J connectivity index is 2.11. The van der Waals surface area contributed by atoms with Crippen molar-refractivity contribution in [2.24, 2.45) is 0 Å². The van der Waals surface area contributed by atoms with Gasteiger partial charge in [0.15, 0.2) is 0 Å². The molecule has 10 heteroatoms. The minimum atomic E-state index is -3.85. The van der Waals surface area contributed by atoms with Crippen LogP contribution in [-0.2, 0) is 32.6 Å². The maximum Gasteiger partial charge on any atom is 0.244 e. The molecular weight excluding hydrogens is 569 g/mol. The molecule has 3 rings (SSSR count). The number of nitrogens with one attached hydrogen (secondary N) is 1. The summed E-state index contributed by atoms with van der Waals surface area (Å²) in [6, 6.07) is 18.7. The number of rotatable bonds is 11. The van der Waals surface area contributed by atoms with Crippen LogP contribution in [0.25, 0.3) is 0 Å². The molecule has 0 saturated heterocycles. The Bertz CT molecular complexity index is 1440. The third kappa shape index (κ3) is 8.22. The fraction of sp³-hybridized carbons (Fsp3) is 0.333. The van der Waals surface area contributed by atoms with Gasteiger partial charge in [0.25, 0.3) is 0 Å². The molecule has 0 radical (unpaired) electrons. The van der Waals surface area contributed by atoms with Crippen LogP contribution in [0.15, 0.2) is 66.7 Å². The number of carbonyl (C=O) groups excluding carboxylic acids is 2. The second kappa shape index (κ2) is 13.5. The number of benzene rings is 3. The average molecular weight is 605 g/mol. The molecule has 1 atom stereocenters. The molecule has 0 unspecified atom stereocenters. The number of aryl methyl sites for hydroxylation is 2. The number of halogens is 2. The molecule has 0 aliphatic carbocycles. The van der Waals surface area contributed by atoms with Gasteiger partial charge in [0.05, 0.1) is 22.0 Å². The van der Waals surface area contributed by atoms with Gasteiger partial charge in [0.2, 0.25) is 21.8 Å². The average Bonchev–Trinajstić information content (AvgIpc) is 2.87. The van der Waals surface area contributed by atoms with Gasteiger partial charge in [-0.2, -0.15) is 0 Å². The molecule has 0 fully saturated rings. The molecule has 1 N–H and O–H groups in total. The largest absolute Gasteiger partial charge is 0.352 e. The van der Waals surface area contributed by atoms with Crippen LogP contribution in [0.1, 0.15) is 36.1 Å². The molecule has 0 aliphatic rings. The Morgan fingerprint density at radius 3 is 2.05 bits per heavy atom. The lowest BCUT2D eigenvalue weighted by Gasteiger charge is -2.34. The van der Waals surface area contributed by atoms with E-state index in [0.29, 0.717) is 32.4 Å². The molecule has 40 heavy (non-hydrogen) atoms. The first-order valence-electron chi connectivity index (χ1n) is 12.9. The van der Waals surface area contributed by atoms with Crippen molar-refractivity contribution in [3.8, 4) is 0 Å². The van der Waals surface area contributed by atoms with Crippen LogP contribution < -0.4 is 9.62 Å². The minimum absolute atomic E-state index is 0.0170. The highest BCUT2D eigenvalue weighted by atomic mass is 35.5. The predicted molar refractivity (Wildman–Crippen MR) is 162 cm³/mol. The number of hydrogen-bond acceptors (Lipinski definition) is 4. The minimum Gasteiger partial charge on any atom is -0.352 e. The Morgan fingerprint density at radius 2 is 1.50 bits per heavy atom. The fourth-order valence-electron chi connectivity index (χ4n) is 4.54. The number of nitrogens with zero attached hydrogens (tertiary/aromatic N) is 2. The number of sulfonamides is 1.